The lowest BCUT2D eigenvalue weighted by Crippen LogP contribution is -2.46. The summed E-state index contributed by atoms with van der Waals surface area (Å²) in [5, 5.41) is 34.8. The highest BCUT2D eigenvalue weighted by Crippen LogP contribution is 2.52. The Morgan fingerprint density at radius 2 is 1.75 bits per heavy atom. The van der Waals surface area contributed by atoms with Gasteiger partial charge in [0.05, 0.1) is 33.0 Å². The zero-order valence-corrected chi connectivity index (χ0v) is 20.6. The van der Waals surface area contributed by atoms with Crippen LogP contribution in [0.1, 0.15) is 36.2 Å². The van der Waals surface area contributed by atoms with Crippen LogP contribution in [0.25, 0.3) is 10.8 Å². The van der Waals surface area contributed by atoms with E-state index in [9.17, 15) is 15.3 Å². The molecule has 0 bridgehead atoms. The van der Waals surface area contributed by atoms with Gasteiger partial charge in [-0.2, -0.15) is 0 Å². The fraction of sp³-hybridized carbons (Fsp3) is 0.429. The monoisotopic (exact) mass is 496 g/mol. The second-order valence-electron chi connectivity index (χ2n) is 9.36. The highest BCUT2D eigenvalue weighted by atomic mass is 16.5. The molecular weight excluding hydrogens is 464 g/mol. The molecule has 0 unspecified atom stereocenters. The minimum Gasteiger partial charge on any atom is -0.508 e. The van der Waals surface area contributed by atoms with Crippen LogP contribution in [0.2, 0.25) is 0 Å². The van der Waals surface area contributed by atoms with Crippen molar-refractivity contribution >= 4 is 10.8 Å². The first kappa shape index (κ1) is 24.5. The summed E-state index contributed by atoms with van der Waals surface area (Å²) in [6.07, 6.45) is -0.873. The van der Waals surface area contributed by atoms with Gasteiger partial charge in [0, 0.05) is 47.5 Å². The number of hydrogen-bond acceptors (Lipinski definition) is 8. The van der Waals surface area contributed by atoms with Gasteiger partial charge >= 0.3 is 0 Å². The van der Waals surface area contributed by atoms with Crippen molar-refractivity contribution in [3.63, 3.8) is 0 Å². The van der Waals surface area contributed by atoms with E-state index in [1.54, 1.807) is 63.8 Å². The molecule has 5 rings (SSSR count). The average Bonchev–Trinajstić information content (AvgIpc) is 2.89. The van der Waals surface area contributed by atoms with Crippen LogP contribution in [0.3, 0.4) is 0 Å². The van der Waals surface area contributed by atoms with Crippen LogP contribution < -0.4 is 18.9 Å². The van der Waals surface area contributed by atoms with Gasteiger partial charge in [0.1, 0.15) is 34.9 Å². The van der Waals surface area contributed by atoms with Crippen LogP contribution in [0.5, 0.6) is 28.7 Å². The molecule has 2 aliphatic heterocycles. The molecule has 0 radical (unpaired) electrons. The number of phenolic OH excluding ortho intramolecular Hbond substituents is 1. The van der Waals surface area contributed by atoms with Gasteiger partial charge in [-0.15, -0.1) is 0 Å². The molecule has 36 heavy (non-hydrogen) atoms. The van der Waals surface area contributed by atoms with Gasteiger partial charge in [-0.3, -0.25) is 0 Å². The normalized spacial score (nSPS) is 24.9. The lowest BCUT2D eigenvalue weighted by atomic mass is 9.72. The molecule has 8 nitrogen and oxygen atoms in total. The van der Waals surface area contributed by atoms with E-state index >= 15 is 0 Å². The third-order valence-electron chi connectivity index (χ3n) is 7.37. The van der Waals surface area contributed by atoms with Crippen LogP contribution in [0, 0.1) is 11.8 Å². The number of benzene rings is 3. The minimum absolute atomic E-state index is 0.114. The summed E-state index contributed by atoms with van der Waals surface area (Å²) < 4.78 is 28.9. The number of fused-ring (bicyclic) bond motifs is 4. The van der Waals surface area contributed by atoms with Crippen molar-refractivity contribution in [2.45, 2.75) is 31.2 Å². The first-order valence-corrected chi connectivity index (χ1v) is 12.1. The number of rotatable bonds is 7. The average molecular weight is 497 g/mol. The maximum absolute atomic E-state index is 11.8. The Labute approximate surface area is 209 Å². The van der Waals surface area contributed by atoms with Crippen LogP contribution in [-0.2, 0) is 4.74 Å². The van der Waals surface area contributed by atoms with Crippen molar-refractivity contribution < 1.29 is 39.0 Å². The van der Waals surface area contributed by atoms with Gasteiger partial charge in [-0.05, 0) is 55.3 Å². The molecule has 0 spiro atoms. The standard InChI is InChI=1S/C28H32O8/c1-32-10-4-5-23-25(21-14-35-22-9-7-16(33-2)12-19(22)26(21)30)27(31)20-13-24(34-3)18-11-15(29)6-8-17(18)28(20)36-23/h6-9,11-13,21,23,25-27,29-31H,4-5,10,14H2,1-3H3/t21-,23+,25+,26+,27-/m0/s1. The van der Waals surface area contributed by atoms with Gasteiger partial charge in [-0.1, -0.05) is 0 Å². The number of phenols is 1. The SMILES string of the molecule is COCCC[C@H]1Oc2c(cc(OC)c3cc(O)ccc23)[C@H](O)[C@@H]1[C@@H]1COc2ccc(OC)cc2[C@H]1O. The van der Waals surface area contributed by atoms with Crippen molar-refractivity contribution in [3.8, 4) is 28.7 Å². The molecule has 3 aromatic carbocycles. The van der Waals surface area contributed by atoms with Crippen molar-refractivity contribution in [1.29, 1.82) is 0 Å². The van der Waals surface area contributed by atoms with E-state index < -0.39 is 30.1 Å². The van der Waals surface area contributed by atoms with E-state index in [4.69, 9.17) is 23.7 Å². The van der Waals surface area contributed by atoms with E-state index in [-0.39, 0.29) is 12.4 Å². The van der Waals surface area contributed by atoms with E-state index in [1.165, 1.54) is 0 Å². The molecule has 0 fully saturated rings. The zero-order chi connectivity index (χ0) is 25.4. The quantitative estimate of drug-likeness (QED) is 0.419. The molecule has 0 amide bonds. The number of aromatic hydroxyl groups is 1. The smallest absolute Gasteiger partial charge is 0.133 e. The van der Waals surface area contributed by atoms with Crippen molar-refractivity contribution in [3.05, 3.63) is 53.6 Å². The van der Waals surface area contributed by atoms with Crippen molar-refractivity contribution in [2.75, 3.05) is 34.5 Å². The molecule has 5 atom stereocenters. The van der Waals surface area contributed by atoms with Gasteiger partial charge in [0.25, 0.3) is 0 Å². The fourth-order valence-corrected chi connectivity index (χ4v) is 5.57. The van der Waals surface area contributed by atoms with E-state index in [0.717, 1.165) is 11.8 Å². The molecule has 0 aliphatic carbocycles. The maximum Gasteiger partial charge on any atom is 0.133 e. The zero-order valence-electron chi connectivity index (χ0n) is 20.6. The van der Waals surface area contributed by atoms with Crippen molar-refractivity contribution in [2.24, 2.45) is 11.8 Å². The number of aliphatic hydroxyl groups excluding tert-OH is 2. The molecular formula is C28H32O8. The maximum atomic E-state index is 11.8. The Morgan fingerprint density at radius 3 is 2.50 bits per heavy atom. The molecule has 0 aromatic heterocycles. The number of aliphatic hydroxyl groups is 2. The second-order valence-corrected chi connectivity index (χ2v) is 9.36. The minimum atomic E-state index is -0.941. The van der Waals surface area contributed by atoms with Crippen LogP contribution in [0.4, 0.5) is 0 Å². The summed E-state index contributed by atoms with van der Waals surface area (Å²) in [5.41, 5.74) is 1.22. The second kappa shape index (κ2) is 10.0. The molecule has 8 heteroatoms. The predicted molar refractivity (Wildman–Crippen MR) is 133 cm³/mol. The first-order chi connectivity index (χ1) is 17.5. The molecule has 2 heterocycles. The lowest BCUT2D eigenvalue weighted by Gasteiger charge is -2.45. The summed E-state index contributed by atoms with van der Waals surface area (Å²) in [5.74, 6) is 1.54. The highest BCUT2D eigenvalue weighted by molar-refractivity contribution is 5.95. The molecule has 2 aliphatic rings. The summed E-state index contributed by atoms with van der Waals surface area (Å²) in [6.45, 7) is 0.788. The molecule has 0 saturated heterocycles. The Morgan fingerprint density at radius 1 is 0.917 bits per heavy atom. The number of ether oxygens (including phenoxy) is 5. The fourth-order valence-electron chi connectivity index (χ4n) is 5.57. The molecule has 0 saturated carbocycles. The summed E-state index contributed by atoms with van der Waals surface area (Å²) in [6, 6.07) is 12.1. The van der Waals surface area contributed by atoms with E-state index in [1.807, 2.05) is 0 Å². The van der Waals surface area contributed by atoms with Crippen LogP contribution in [0.15, 0.2) is 42.5 Å². The van der Waals surface area contributed by atoms with Gasteiger partial charge in [-0.25, -0.2) is 0 Å². The number of methoxy groups -OCH3 is 3. The lowest BCUT2D eigenvalue weighted by molar-refractivity contribution is -0.0882. The topological polar surface area (TPSA) is 107 Å². The Hall–Kier alpha value is -3.20. The molecule has 3 N–H and O–H groups in total. The Balaban J connectivity index is 1.58. The highest BCUT2D eigenvalue weighted by Gasteiger charge is 2.47. The molecule has 3 aromatic rings. The van der Waals surface area contributed by atoms with Crippen LogP contribution >= 0.6 is 0 Å². The summed E-state index contributed by atoms with van der Waals surface area (Å²) >= 11 is 0. The molecule has 192 valence electrons. The number of hydrogen-bond donors (Lipinski definition) is 3. The van der Waals surface area contributed by atoms with Gasteiger partial charge < -0.3 is 39.0 Å². The van der Waals surface area contributed by atoms with Crippen molar-refractivity contribution in [1.82, 2.24) is 0 Å². The predicted octanol–water partition coefficient (Wildman–Crippen LogP) is 4.14. The van der Waals surface area contributed by atoms with E-state index in [2.05, 4.69) is 0 Å². The summed E-state index contributed by atoms with van der Waals surface area (Å²) in [7, 11) is 4.78. The van der Waals surface area contributed by atoms with Gasteiger partial charge in [0.2, 0.25) is 0 Å². The van der Waals surface area contributed by atoms with E-state index in [0.29, 0.717) is 52.5 Å². The Kier molecular flexibility index (Phi) is 6.83. The summed E-state index contributed by atoms with van der Waals surface area (Å²) in [4.78, 5) is 0. The van der Waals surface area contributed by atoms with Crippen LogP contribution in [-0.4, -0.2) is 56.0 Å². The third-order valence-corrected chi connectivity index (χ3v) is 7.37. The van der Waals surface area contributed by atoms with Gasteiger partial charge in [0.15, 0.2) is 0 Å². The largest absolute Gasteiger partial charge is 0.508 e. The third kappa shape index (κ3) is 4.19. The first-order valence-electron chi connectivity index (χ1n) is 12.1. The Bertz CT molecular complexity index is 1240.